The lowest BCUT2D eigenvalue weighted by Crippen LogP contribution is -2.40. The zero-order valence-corrected chi connectivity index (χ0v) is 16.5. The Morgan fingerprint density at radius 1 is 1.21 bits per heavy atom. The smallest absolute Gasteiger partial charge is 0.228 e. The molecule has 2 aromatic rings. The van der Waals surface area contributed by atoms with Crippen molar-refractivity contribution in [2.45, 2.75) is 44.6 Å². The van der Waals surface area contributed by atoms with Crippen LogP contribution in [0.15, 0.2) is 30.5 Å². The molecule has 5 rings (SSSR count). The SMILES string of the molecule is O=C(C1CC(=O)N(C2CCCC2)C1)N1CC=C(c2c[nH]c3cc(F)ccc23)CC1. The molecule has 1 aromatic carbocycles. The Bertz CT molecular complexity index is 989. The van der Waals surface area contributed by atoms with Crippen LogP contribution >= 0.6 is 0 Å². The number of hydrogen-bond acceptors (Lipinski definition) is 2. The van der Waals surface area contributed by atoms with Crippen LogP contribution in [0.1, 0.15) is 44.1 Å². The summed E-state index contributed by atoms with van der Waals surface area (Å²) in [4.78, 5) is 32.4. The van der Waals surface area contributed by atoms with Gasteiger partial charge < -0.3 is 14.8 Å². The summed E-state index contributed by atoms with van der Waals surface area (Å²) in [7, 11) is 0. The molecule has 2 amide bonds. The van der Waals surface area contributed by atoms with E-state index in [0.29, 0.717) is 32.1 Å². The van der Waals surface area contributed by atoms with E-state index in [4.69, 9.17) is 0 Å². The third-order valence-corrected chi connectivity index (χ3v) is 6.78. The molecule has 3 aliphatic rings. The number of halogens is 1. The average Bonchev–Trinajstić information content (AvgIpc) is 3.46. The number of nitrogens with zero attached hydrogens (tertiary/aromatic N) is 2. The van der Waals surface area contributed by atoms with Gasteiger partial charge in [-0.3, -0.25) is 9.59 Å². The lowest BCUT2D eigenvalue weighted by atomic mass is 9.97. The van der Waals surface area contributed by atoms with Crippen molar-refractivity contribution in [3.05, 3.63) is 41.9 Å². The number of fused-ring (bicyclic) bond motifs is 1. The van der Waals surface area contributed by atoms with Crippen LogP contribution in [0.4, 0.5) is 4.39 Å². The van der Waals surface area contributed by atoms with Gasteiger partial charge in [-0.2, -0.15) is 0 Å². The van der Waals surface area contributed by atoms with E-state index < -0.39 is 0 Å². The van der Waals surface area contributed by atoms with Crippen LogP contribution in [0.2, 0.25) is 0 Å². The summed E-state index contributed by atoms with van der Waals surface area (Å²) < 4.78 is 13.4. The van der Waals surface area contributed by atoms with Gasteiger partial charge in [-0.05, 0) is 43.0 Å². The highest BCUT2D eigenvalue weighted by molar-refractivity contribution is 5.94. The van der Waals surface area contributed by atoms with E-state index in [-0.39, 0.29) is 23.5 Å². The number of nitrogens with one attached hydrogen (secondary N) is 1. The van der Waals surface area contributed by atoms with Gasteiger partial charge in [0.1, 0.15) is 5.82 Å². The Morgan fingerprint density at radius 2 is 2.03 bits per heavy atom. The highest BCUT2D eigenvalue weighted by Crippen LogP contribution is 2.32. The highest BCUT2D eigenvalue weighted by atomic mass is 19.1. The summed E-state index contributed by atoms with van der Waals surface area (Å²) in [5.41, 5.74) is 3.05. The number of benzene rings is 1. The van der Waals surface area contributed by atoms with Crippen molar-refractivity contribution in [3.63, 3.8) is 0 Å². The first-order valence-corrected chi connectivity index (χ1v) is 10.6. The quantitative estimate of drug-likeness (QED) is 0.861. The summed E-state index contributed by atoms with van der Waals surface area (Å²) in [5, 5.41) is 1.01. The third-order valence-electron chi connectivity index (χ3n) is 6.78. The van der Waals surface area contributed by atoms with Gasteiger partial charge in [0, 0.05) is 54.8 Å². The van der Waals surface area contributed by atoms with Gasteiger partial charge in [0.15, 0.2) is 0 Å². The average molecular weight is 395 g/mol. The normalized spacial score (nSPS) is 23.3. The first-order valence-electron chi connectivity index (χ1n) is 10.6. The van der Waals surface area contributed by atoms with Crippen LogP contribution in [0, 0.1) is 11.7 Å². The second-order valence-electron chi connectivity index (χ2n) is 8.54. The largest absolute Gasteiger partial charge is 0.360 e. The Balaban J connectivity index is 1.26. The minimum Gasteiger partial charge on any atom is -0.360 e. The number of amides is 2. The fourth-order valence-corrected chi connectivity index (χ4v) is 5.20. The van der Waals surface area contributed by atoms with Gasteiger partial charge in [-0.15, -0.1) is 0 Å². The number of likely N-dealkylation sites (tertiary alicyclic amines) is 1. The van der Waals surface area contributed by atoms with Crippen molar-refractivity contribution in [3.8, 4) is 0 Å². The maximum absolute atomic E-state index is 13.4. The van der Waals surface area contributed by atoms with Crippen molar-refractivity contribution < 1.29 is 14.0 Å². The predicted molar refractivity (Wildman–Crippen MR) is 110 cm³/mol. The molecule has 0 bridgehead atoms. The van der Waals surface area contributed by atoms with E-state index in [1.807, 2.05) is 16.0 Å². The van der Waals surface area contributed by atoms with Crippen LogP contribution in [0.25, 0.3) is 16.5 Å². The zero-order chi connectivity index (χ0) is 20.0. The Hall–Kier alpha value is -2.63. The van der Waals surface area contributed by atoms with Crippen molar-refractivity contribution in [2.75, 3.05) is 19.6 Å². The summed E-state index contributed by atoms with van der Waals surface area (Å²) in [6.45, 7) is 1.81. The van der Waals surface area contributed by atoms with E-state index in [2.05, 4.69) is 11.1 Å². The van der Waals surface area contributed by atoms with E-state index in [0.717, 1.165) is 35.7 Å². The number of carbonyl (C=O) groups excluding carboxylic acids is 2. The lowest BCUT2D eigenvalue weighted by Gasteiger charge is -2.29. The number of aromatic nitrogens is 1. The third kappa shape index (κ3) is 3.34. The van der Waals surface area contributed by atoms with E-state index in [1.54, 1.807) is 6.07 Å². The van der Waals surface area contributed by atoms with Crippen molar-refractivity contribution in [2.24, 2.45) is 5.92 Å². The molecule has 152 valence electrons. The van der Waals surface area contributed by atoms with Gasteiger partial charge in [0.25, 0.3) is 0 Å². The Labute approximate surface area is 169 Å². The molecule has 0 spiro atoms. The standard InChI is InChI=1S/C23H26FN3O2/c24-17-5-6-19-20(13-25-21(19)12-17)15-7-9-26(10-8-15)23(29)16-11-22(28)27(14-16)18-3-1-2-4-18/h5-7,12-13,16,18,25H,1-4,8-11,14H2. The topological polar surface area (TPSA) is 56.4 Å². The molecule has 0 radical (unpaired) electrons. The summed E-state index contributed by atoms with van der Waals surface area (Å²) in [6.07, 6.45) is 9.68. The van der Waals surface area contributed by atoms with Crippen LogP contribution in [-0.4, -0.2) is 52.3 Å². The molecule has 2 fully saturated rings. The molecule has 1 atom stereocenters. The minimum absolute atomic E-state index is 0.107. The van der Waals surface area contributed by atoms with Crippen LogP contribution in [-0.2, 0) is 9.59 Å². The molecule has 1 unspecified atom stereocenters. The molecule has 1 saturated carbocycles. The molecule has 1 saturated heterocycles. The van der Waals surface area contributed by atoms with Crippen LogP contribution in [0.3, 0.4) is 0 Å². The Morgan fingerprint density at radius 3 is 2.79 bits per heavy atom. The number of carbonyl (C=O) groups is 2. The fourth-order valence-electron chi connectivity index (χ4n) is 5.20. The number of hydrogen-bond donors (Lipinski definition) is 1. The summed E-state index contributed by atoms with van der Waals surface area (Å²) >= 11 is 0. The molecule has 1 aliphatic carbocycles. The maximum Gasteiger partial charge on any atom is 0.228 e. The van der Waals surface area contributed by atoms with Gasteiger partial charge in [0.2, 0.25) is 11.8 Å². The zero-order valence-electron chi connectivity index (χ0n) is 16.5. The predicted octanol–water partition coefficient (Wildman–Crippen LogP) is 3.71. The van der Waals surface area contributed by atoms with E-state index in [9.17, 15) is 14.0 Å². The highest BCUT2D eigenvalue weighted by Gasteiger charge is 2.40. The van der Waals surface area contributed by atoms with E-state index in [1.165, 1.54) is 30.5 Å². The Kier molecular flexibility index (Phi) is 4.64. The van der Waals surface area contributed by atoms with Gasteiger partial charge >= 0.3 is 0 Å². The minimum atomic E-state index is -0.252. The number of rotatable bonds is 3. The first-order chi connectivity index (χ1) is 14.1. The summed E-state index contributed by atoms with van der Waals surface area (Å²) in [5.74, 6) is -0.197. The first kappa shape index (κ1) is 18.4. The van der Waals surface area contributed by atoms with E-state index >= 15 is 0 Å². The summed E-state index contributed by atoms with van der Waals surface area (Å²) in [6, 6.07) is 5.13. The second kappa shape index (κ2) is 7.32. The van der Waals surface area contributed by atoms with Gasteiger partial charge in [0.05, 0.1) is 5.92 Å². The van der Waals surface area contributed by atoms with Gasteiger partial charge in [-0.25, -0.2) is 4.39 Å². The molecule has 1 aromatic heterocycles. The van der Waals surface area contributed by atoms with Crippen molar-refractivity contribution >= 4 is 28.3 Å². The molecule has 3 heterocycles. The monoisotopic (exact) mass is 395 g/mol. The molecule has 2 aliphatic heterocycles. The van der Waals surface area contributed by atoms with Gasteiger partial charge in [-0.1, -0.05) is 18.9 Å². The lowest BCUT2D eigenvalue weighted by molar-refractivity contribution is -0.135. The maximum atomic E-state index is 13.4. The molecule has 1 N–H and O–H groups in total. The molecule has 6 heteroatoms. The molecule has 5 nitrogen and oxygen atoms in total. The number of aromatic amines is 1. The fraction of sp³-hybridized carbons (Fsp3) is 0.478. The van der Waals surface area contributed by atoms with Crippen molar-refractivity contribution in [1.82, 2.24) is 14.8 Å². The van der Waals surface area contributed by atoms with Crippen molar-refractivity contribution in [1.29, 1.82) is 0 Å². The number of H-pyrrole nitrogens is 1. The second-order valence-corrected chi connectivity index (χ2v) is 8.54. The molecule has 29 heavy (non-hydrogen) atoms. The molecular weight excluding hydrogens is 369 g/mol. The van der Waals surface area contributed by atoms with Crippen LogP contribution in [0.5, 0.6) is 0 Å². The van der Waals surface area contributed by atoms with Crippen LogP contribution < -0.4 is 0 Å². The molecular formula is C23H26FN3O2.